The molecule has 1 aliphatic carbocycles. The van der Waals surface area contributed by atoms with E-state index in [4.69, 9.17) is 0 Å². The zero-order valence-electron chi connectivity index (χ0n) is 5.64. The number of hydrogen-bond acceptors (Lipinski definition) is 3. The highest BCUT2D eigenvalue weighted by molar-refractivity contribution is 7.92. The SMILES string of the molecule is CNC1(S(C)(=O)=O)CC1. The summed E-state index contributed by atoms with van der Waals surface area (Å²) in [6.45, 7) is 0. The van der Waals surface area contributed by atoms with Crippen molar-refractivity contribution in [1.29, 1.82) is 0 Å². The van der Waals surface area contributed by atoms with Crippen molar-refractivity contribution in [1.82, 2.24) is 5.32 Å². The fourth-order valence-electron chi connectivity index (χ4n) is 0.920. The van der Waals surface area contributed by atoms with Crippen LogP contribution in [0.2, 0.25) is 0 Å². The van der Waals surface area contributed by atoms with Gasteiger partial charge in [0.1, 0.15) is 4.87 Å². The number of rotatable bonds is 2. The topological polar surface area (TPSA) is 46.2 Å². The second-order valence-corrected chi connectivity index (χ2v) is 4.84. The van der Waals surface area contributed by atoms with E-state index in [0.29, 0.717) is 0 Å². The lowest BCUT2D eigenvalue weighted by atomic mass is 10.7. The standard InChI is InChI=1S/C5H11NO2S/c1-6-5(3-4-5)9(2,7)8/h6H,3-4H2,1-2H3. The van der Waals surface area contributed by atoms with Crippen LogP contribution in [0.25, 0.3) is 0 Å². The quantitative estimate of drug-likeness (QED) is 0.588. The van der Waals surface area contributed by atoms with Crippen molar-refractivity contribution in [2.75, 3.05) is 13.3 Å². The lowest BCUT2D eigenvalue weighted by Crippen LogP contribution is -2.35. The first-order valence-corrected chi connectivity index (χ1v) is 4.79. The predicted octanol–water partition coefficient (Wildman–Crippen LogP) is -0.260. The molecule has 0 aromatic heterocycles. The minimum absolute atomic E-state index is 0.549. The third-order valence-electron chi connectivity index (χ3n) is 1.87. The lowest BCUT2D eigenvalue weighted by Gasteiger charge is -2.09. The van der Waals surface area contributed by atoms with Crippen LogP contribution in [0.3, 0.4) is 0 Å². The van der Waals surface area contributed by atoms with Gasteiger partial charge in [0, 0.05) is 6.26 Å². The van der Waals surface area contributed by atoms with Gasteiger partial charge in [-0.3, -0.25) is 0 Å². The summed E-state index contributed by atoms with van der Waals surface area (Å²) in [6, 6.07) is 0. The van der Waals surface area contributed by atoms with Gasteiger partial charge in [0.25, 0.3) is 0 Å². The van der Waals surface area contributed by atoms with Crippen LogP contribution in [-0.2, 0) is 9.84 Å². The highest BCUT2D eigenvalue weighted by Crippen LogP contribution is 2.39. The van der Waals surface area contributed by atoms with E-state index < -0.39 is 14.7 Å². The van der Waals surface area contributed by atoms with Gasteiger partial charge in [-0.15, -0.1) is 0 Å². The zero-order chi connectivity index (χ0) is 7.12. The molecular weight excluding hydrogens is 138 g/mol. The van der Waals surface area contributed by atoms with Crippen LogP contribution in [-0.4, -0.2) is 26.6 Å². The Morgan fingerprint density at radius 2 is 1.89 bits per heavy atom. The molecule has 0 spiro atoms. The Kier molecular flexibility index (Phi) is 1.33. The van der Waals surface area contributed by atoms with Crippen LogP contribution in [0, 0.1) is 0 Å². The normalized spacial score (nSPS) is 23.8. The molecule has 54 valence electrons. The van der Waals surface area contributed by atoms with Gasteiger partial charge >= 0.3 is 0 Å². The van der Waals surface area contributed by atoms with Crippen molar-refractivity contribution in [2.24, 2.45) is 0 Å². The van der Waals surface area contributed by atoms with E-state index in [-0.39, 0.29) is 0 Å². The maximum absolute atomic E-state index is 10.9. The van der Waals surface area contributed by atoms with E-state index in [2.05, 4.69) is 5.32 Å². The molecule has 4 heteroatoms. The summed E-state index contributed by atoms with van der Waals surface area (Å²) in [5.74, 6) is 0. The van der Waals surface area contributed by atoms with Crippen molar-refractivity contribution in [3.63, 3.8) is 0 Å². The van der Waals surface area contributed by atoms with E-state index in [1.807, 2.05) is 0 Å². The van der Waals surface area contributed by atoms with Crippen molar-refractivity contribution in [3.05, 3.63) is 0 Å². The first-order valence-electron chi connectivity index (χ1n) is 2.90. The molecule has 0 bridgehead atoms. The van der Waals surface area contributed by atoms with E-state index in [9.17, 15) is 8.42 Å². The molecule has 0 aromatic carbocycles. The Bertz CT molecular complexity index is 203. The zero-order valence-corrected chi connectivity index (χ0v) is 6.46. The van der Waals surface area contributed by atoms with Crippen LogP contribution in [0.15, 0.2) is 0 Å². The second kappa shape index (κ2) is 1.70. The molecule has 9 heavy (non-hydrogen) atoms. The largest absolute Gasteiger partial charge is 0.302 e. The fraction of sp³-hybridized carbons (Fsp3) is 1.00. The lowest BCUT2D eigenvalue weighted by molar-refractivity contribution is 0.567. The molecule has 0 amide bonds. The van der Waals surface area contributed by atoms with Crippen molar-refractivity contribution in [3.8, 4) is 0 Å². The third kappa shape index (κ3) is 0.966. The summed E-state index contributed by atoms with van der Waals surface area (Å²) in [5.41, 5.74) is 0. The van der Waals surface area contributed by atoms with Crippen LogP contribution < -0.4 is 5.32 Å². The van der Waals surface area contributed by atoms with E-state index in [1.165, 1.54) is 6.26 Å². The van der Waals surface area contributed by atoms with Gasteiger partial charge in [-0.2, -0.15) is 0 Å². The minimum atomic E-state index is -2.85. The highest BCUT2D eigenvalue weighted by Gasteiger charge is 2.50. The number of hydrogen-bond donors (Lipinski definition) is 1. The smallest absolute Gasteiger partial charge is 0.166 e. The molecule has 0 aliphatic heterocycles. The molecule has 0 unspecified atom stereocenters. The summed E-state index contributed by atoms with van der Waals surface area (Å²) in [5, 5.41) is 2.80. The average Bonchev–Trinajstić information content (AvgIpc) is 2.40. The first-order chi connectivity index (χ1) is 4.02. The third-order valence-corrected chi connectivity index (χ3v) is 3.90. The van der Waals surface area contributed by atoms with Gasteiger partial charge in [-0.05, 0) is 19.9 Å². The molecule has 1 saturated carbocycles. The van der Waals surface area contributed by atoms with Crippen LogP contribution in [0.5, 0.6) is 0 Å². The monoisotopic (exact) mass is 149 g/mol. The molecule has 0 atom stereocenters. The molecule has 0 aromatic rings. The van der Waals surface area contributed by atoms with Crippen LogP contribution in [0.4, 0.5) is 0 Å². The Balaban J connectivity index is 2.85. The molecule has 3 nitrogen and oxygen atoms in total. The Morgan fingerprint density at radius 3 is 1.89 bits per heavy atom. The Hall–Kier alpha value is -0.0900. The van der Waals surface area contributed by atoms with Gasteiger partial charge < -0.3 is 5.32 Å². The Labute approximate surface area is 55.4 Å². The average molecular weight is 149 g/mol. The molecular formula is C5H11NO2S. The van der Waals surface area contributed by atoms with Gasteiger partial charge in [0.05, 0.1) is 0 Å². The number of sulfone groups is 1. The predicted molar refractivity (Wildman–Crippen MR) is 35.9 cm³/mol. The van der Waals surface area contributed by atoms with E-state index in [1.54, 1.807) is 7.05 Å². The fourth-order valence-corrected chi connectivity index (χ4v) is 2.13. The van der Waals surface area contributed by atoms with Crippen molar-refractivity contribution >= 4 is 9.84 Å². The molecule has 1 aliphatic rings. The molecule has 1 rings (SSSR count). The van der Waals surface area contributed by atoms with E-state index in [0.717, 1.165) is 12.8 Å². The summed E-state index contributed by atoms with van der Waals surface area (Å²) in [6.07, 6.45) is 2.81. The molecule has 0 saturated heterocycles. The van der Waals surface area contributed by atoms with Crippen molar-refractivity contribution in [2.45, 2.75) is 17.7 Å². The summed E-state index contributed by atoms with van der Waals surface area (Å²) in [7, 11) is -1.16. The molecule has 1 N–H and O–H groups in total. The first kappa shape index (κ1) is 7.02. The summed E-state index contributed by atoms with van der Waals surface area (Å²) < 4.78 is 21.8. The number of nitrogens with one attached hydrogen (secondary N) is 1. The van der Waals surface area contributed by atoms with Gasteiger partial charge in [0.15, 0.2) is 9.84 Å². The minimum Gasteiger partial charge on any atom is -0.302 e. The van der Waals surface area contributed by atoms with E-state index >= 15 is 0 Å². The highest BCUT2D eigenvalue weighted by atomic mass is 32.2. The Morgan fingerprint density at radius 1 is 1.44 bits per heavy atom. The van der Waals surface area contributed by atoms with Gasteiger partial charge in [-0.25, -0.2) is 8.42 Å². The molecule has 0 radical (unpaired) electrons. The maximum Gasteiger partial charge on any atom is 0.166 e. The van der Waals surface area contributed by atoms with Crippen LogP contribution >= 0.6 is 0 Å². The molecule has 0 heterocycles. The summed E-state index contributed by atoms with van der Waals surface area (Å²) >= 11 is 0. The summed E-state index contributed by atoms with van der Waals surface area (Å²) in [4.78, 5) is -0.549. The molecule has 1 fully saturated rings. The van der Waals surface area contributed by atoms with Crippen LogP contribution in [0.1, 0.15) is 12.8 Å². The maximum atomic E-state index is 10.9. The van der Waals surface area contributed by atoms with Crippen molar-refractivity contribution < 1.29 is 8.42 Å². The van der Waals surface area contributed by atoms with Gasteiger partial charge in [-0.1, -0.05) is 0 Å². The van der Waals surface area contributed by atoms with Gasteiger partial charge in [0.2, 0.25) is 0 Å². The second-order valence-electron chi connectivity index (χ2n) is 2.52.